The smallest absolute Gasteiger partial charge is 0.159 e. The zero-order chi connectivity index (χ0) is 11.3. The van der Waals surface area contributed by atoms with Crippen molar-refractivity contribution in [2.24, 2.45) is 0 Å². The molecule has 0 aliphatic rings. The Balaban J connectivity index is 0.000000531. The molecular weight excluding hydrogens is 184 g/mol. The Kier molecular flexibility index (Phi) is 4.22. The van der Waals surface area contributed by atoms with E-state index < -0.39 is 0 Å². The van der Waals surface area contributed by atoms with E-state index in [9.17, 15) is 0 Å². The molecule has 0 fully saturated rings. The number of nitrogens with zero attached hydrogens (tertiary/aromatic N) is 2. The van der Waals surface area contributed by atoms with Gasteiger partial charge in [-0.1, -0.05) is 27.7 Å². The monoisotopic (exact) mass is 202 g/mol. The van der Waals surface area contributed by atoms with E-state index in [-0.39, 0.29) is 0 Å². The summed E-state index contributed by atoms with van der Waals surface area (Å²) in [5.74, 6) is 0.523. The summed E-state index contributed by atoms with van der Waals surface area (Å²) in [7, 11) is 0. The molecule has 2 heteroatoms. The van der Waals surface area contributed by atoms with Gasteiger partial charge >= 0.3 is 0 Å². The van der Waals surface area contributed by atoms with E-state index in [1.165, 1.54) is 10.9 Å². The molecule has 0 bridgehead atoms. The van der Waals surface area contributed by atoms with Crippen LogP contribution in [0.5, 0.6) is 0 Å². The van der Waals surface area contributed by atoms with Crippen molar-refractivity contribution in [2.45, 2.75) is 33.6 Å². The summed E-state index contributed by atoms with van der Waals surface area (Å²) in [4.78, 5) is 8.43. The topological polar surface area (TPSA) is 25.8 Å². The first-order valence-electron chi connectivity index (χ1n) is 5.48. The van der Waals surface area contributed by atoms with Crippen LogP contribution in [0.4, 0.5) is 0 Å². The van der Waals surface area contributed by atoms with Gasteiger partial charge in [0.2, 0.25) is 0 Å². The van der Waals surface area contributed by atoms with Crippen molar-refractivity contribution in [1.82, 2.24) is 9.97 Å². The second-order valence-corrected chi connectivity index (χ2v) is 3.43. The van der Waals surface area contributed by atoms with Crippen LogP contribution in [0.25, 0.3) is 11.0 Å². The molecule has 0 aromatic carbocycles. The van der Waals surface area contributed by atoms with Crippen LogP contribution in [0.1, 0.15) is 39.2 Å². The first-order chi connectivity index (χ1) is 7.29. The molecule has 0 saturated heterocycles. The summed E-state index contributed by atoms with van der Waals surface area (Å²) in [5.41, 5.74) is 2.16. The Bertz CT molecular complexity index is 416. The molecule has 2 nitrogen and oxygen atoms in total. The Hall–Kier alpha value is -1.44. The molecule has 0 amide bonds. The van der Waals surface area contributed by atoms with E-state index in [0.717, 1.165) is 5.65 Å². The third kappa shape index (κ3) is 2.52. The lowest BCUT2D eigenvalue weighted by atomic mass is 10.0. The molecule has 0 spiro atoms. The fourth-order valence-corrected chi connectivity index (χ4v) is 1.51. The maximum Gasteiger partial charge on any atom is 0.159 e. The molecule has 2 aromatic rings. The van der Waals surface area contributed by atoms with Gasteiger partial charge < -0.3 is 0 Å². The van der Waals surface area contributed by atoms with E-state index in [1.807, 2.05) is 26.1 Å². The largest absolute Gasteiger partial charge is 0.237 e. The molecule has 0 unspecified atom stereocenters. The summed E-state index contributed by atoms with van der Waals surface area (Å²) < 4.78 is 0. The highest BCUT2D eigenvalue weighted by Gasteiger charge is 2.04. The lowest BCUT2D eigenvalue weighted by Gasteiger charge is -2.07. The van der Waals surface area contributed by atoms with Crippen molar-refractivity contribution in [3.63, 3.8) is 0 Å². The zero-order valence-corrected chi connectivity index (χ0v) is 9.86. The Morgan fingerprint density at radius 1 is 1.00 bits per heavy atom. The lowest BCUT2D eigenvalue weighted by molar-refractivity contribution is 0.873. The number of rotatable bonds is 1. The average Bonchev–Trinajstić information content (AvgIpc) is 2.31. The van der Waals surface area contributed by atoms with Crippen LogP contribution >= 0.6 is 0 Å². The molecule has 15 heavy (non-hydrogen) atoms. The van der Waals surface area contributed by atoms with Crippen LogP contribution in [-0.4, -0.2) is 9.97 Å². The highest BCUT2D eigenvalue weighted by atomic mass is 14.8. The second-order valence-electron chi connectivity index (χ2n) is 3.43. The second kappa shape index (κ2) is 5.44. The summed E-state index contributed by atoms with van der Waals surface area (Å²) in [6, 6.07) is 6.09. The quantitative estimate of drug-likeness (QED) is 0.703. The molecule has 0 radical (unpaired) electrons. The minimum absolute atomic E-state index is 0.523. The van der Waals surface area contributed by atoms with Crippen LogP contribution < -0.4 is 0 Å². The van der Waals surface area contributed by atoms with Gasteiger partial charge in [0.05, 0.1) is 0 Å². The van der Waals surface area contributed by atoms with Gasteiger partial charge in [-0.2, -0.15) is 0 Å². The molecule has 0 aliphatic carbocycles. The summed E-state index contributed by atoms with van der Waals surface area (Å²) in [6.45, 7) is 8.36. The van der Waals surface area contributed by atoms with Crippen molar-refractivity contribution >= 4 is 11.0 Å². The highest BCUT2D eigenvalue weighted by Crippen LogP contribution is 2.21. The van der Waals surface area contributed by atoms with Gasteiger partial charge in [0, 0.05) is 17.8 Å². The third-order valence-electron chi connectivity index (χ3n) is 2.17. The van der Waals surface area contributed by atoms with Gasteiger partial charge in [0.25, 0.3) is 0 Å². The fourth-order valence-electron chi connectivity index (χ4n) is 1.51. The predicted octanol–water partition coefficient (Wildman–Crippen LogP) is 3.78. The molecule has 2 aromatic heterocycles. The Morgan fingerprint density at radius 3 is 2.33 bits per heavy atom. The summed E-state index contributed by atoms with van der Waals surface area (Å²) in [5, 5.41) is 1.17. The Morgan fingerprint density at radius 2 is 1.67 bits per heavy atom. The van der Waals surface area contributed by atoms with E-state index in [2.05, 4.69) is 35.9 Å². The Labute approximate surface area is 91.4 Å². The van der Waals surface area contributed by atoms with Gasteiger partial charge in [-0.15, -0.1) is 0 Å². The van der Waals surface area contributed by atoms with E-state index >= 15 is 0 Å². The molecule has 80 valence electrons. The minimum Gasteiger partial charge on any atom is -0.237 e. The third-order valence-corrected chi connectivity index (χ3v) is 2.17. The van der Waals surface area contributed by atoms with Crippen molar-refractivity contribution in [3.05, 3.63) is 36.2 Å². The SMILES string of the molecule is CC.CC(C)c1ccnc2ncccc12. The lowest BCUT2D eigenvalue weighted by Crippen LogP contribution is -1.92. The van der Waals surface area contributed by atoms with Gasteiger partial charge in [-0.05, 0) is 29.7 Å². The first-order valence-corrected chi connectivity index (χ1v) is 5.48. The average molecular weight is 202 g/mol. The molecule has 0 aliphatic heterocycles. The van der Waals surface area contributed by atoms with Gasteiger partial charge in [0.15, 0.2) is 5.65 Å². The molecule has 2 heterocycles. The van der Waals surface area contributed by atoms with Crippen molar-refractivity contribution in [2.75, 3.05) is 0 Å². The van der Waals surface area contributed by atoms with Crippen LogP contribution in [0.15, 0.2) is 30.6 Å². The van der Waals surface area contributed by atoms with Gasteiger partial charge in [0.1, 0.15) is 0 Å². The van der Waals surface area contributed by atoms with Crippen molar-refractivity contribution in [3.8, 4) is 0 Å². The number of hydrogen-bond acceptors (Lipinski definition) is 2. The zero-order valence-electron chi connectivity index (χ0n) is 9.86. The maximum absolute atomic E-state index is 4.21. The highest BCUT2D eigenvalue weighted by molar-refractivity contribution is 5.78. The number of fused-ring (bicyclic) bond motifs is 1. The fraction of sp³-hybridized carbons (Fsp3) is 0.385. The normalized spacial score (nSPS) is 9.93. The summed E-state index contributed by atoms with van der Waals surface area (Å²) >= 11 is 0. The van der Waals surface area contributed by atoms with Crippen LogP contribution in [0.2, 0.25) is 0 Å². The number of pyridine rings is 2. The number of aromatic nitrogens is 2. The molecular formula is C13H18N2. The van der Waals surface area contributed by atoms with Crippen molar-refractivity contribution in [1.29, 1.82) is 0 Å². The summed E-state index contributed by atoms with van der Waals surface area (Å²) in [6.07, 6.45) is 3.60. The first kappa shape index (κ1) is 11.6. The molecule has 0 N–H and O–H groups in total. The maximum atomic E-state index is 4.21. The number of hydrogen-bond donors (Lipinski definition) is 0. The van der Waals surface area contributed by atoms with E-state index in [1.54, 1.807) is 6.20 Å². The molecule has 0 atom stereocenters. The van der Waals surface area contributed by atoms with Crippen LogP contribution in [0, 0.1) is 0 Å². The van der Waals surface area contributed by atoms with Crippen LogP contribution in [-0.2, 0) is 0 Å². The van der Waals surface area contributed by atoms with Crippen LogP contribution in [0.3, 0.4) is 0 Å². The van der Waals surface area contributed by atoms with Crippen molar-refractivity contribution < 1.29 is 0 Å². The standard InChI is InChI=1S/C11H12N2.C2H6/c1-8(2)9-5-7-13-11-10(9)4-3-6-12-11;1-2/h3-8H,1-2H3;1-2H3. The molecule has 2 rings (SSSR count). The van der Waals surface area contributed by atoms with E-state index in [4.69, 9.17) is 0 Å². The molecule has 0 saturated carbocycles. The van der Waals surface area contributed by atoms with Gasteiger partial charge in [-0.3, -0.25) is 0 Å². The predicted molar refractivity (Wildman–Crippen MR) is 65.0 cm³/mol. The van der Waals surface area contributed by atoms with Gasteiger partial charge in [-0.25, -0.2) is 9.97 Å². The van der Waals surface area contributed by atoms with E-state index in [0.29, 0.717) is 5.92 Å². The minimum atomic E-state index is 0.523.